The van der Waals surface area contributed by atoms with E-state index in [1.807, 2.05) is 0 Å². The van der Waals surface area contributed by atoms with Crippen LogP contribution in [0.1, 0.15) is 97.8 Å². The van der Waals surface area contributed by atoms with Gasteiger partial charge in [-0.1, -0.05) is 178 Å². The lowest BCUT2D eigenvalue weighted by Crippen LogP contribution is -2.64. The zero-order chi connectivity index (χ0) is 45.5. The molecule has 6 aromatic rings. The van der Waals surface area contributed by atoms with Crippen molar-refractivity contribution in [3.8, 4) is 0 Å². The largest absolute Gasteiger partial charge is 0.335 e. The number of nitrogens with zero attached hydrogens (tertiary/aromatic N) is 3. The lowest BCUT2D eigenvalue weighted by molar-refractivity contribution is 0.195. The van der Waals surface area contributed by atoms with Gasteiger partial charge in [0, 0.05) is 45.2 Å². The molecule has 0 bridgehead atoms. The Morgan fingerprint density at radius 1 is 0.547 bits per heavy atom. The highest BCUT2D eigenvalue weighted by molar-refractivity contribution is 7.00. The number of hydrogen-bond donors (Lipinski definition) is 0. The summed E-state index contributed by atoms with van der Waals surface area (Å²) in [7, 11) is -3.05. The predicted molar refractivity (Wildman–Crippen MR) is 287 cm³/mol. The van der Waals surface area contributed by atoms with Crippen LogP contribution in [-0.2, 0) is 16.2 Å². The SMILES string of the molecule is CC(C)(C)c1ccc(N2c3ccc(C(C)(C)C)cc3B3c4cccc5c4N(c4cc(N(c6ccc([Si](C)(C)C)cc6)c6ccc([Si](C)(C)C)cc6)cc2c43)C2(C)CCCCC52C)cc1. The van der Waals surface area contributed by atoms with Crippen LogP contribution in [0.5, 0.6) is 0 Å². The normalized spacial score (nSPS) is 20.1. The highest BCUT2D eigenvalue weighted by Gasteiger charge is 2.61. The Morgan fingerprint density at radius 3 is 1.66 bits per heavy atom. The van der Waals surface area contributed by atoms with E-state index in [0.717, 1.165) is 0 Å². The molecule has 0 N–H and O–H groups in total. The number of fused-ring (bicyclic) bond motifs is 7. The molecule has 0 spiro atoms. The van der Waals surface area contributed by atoms with Gasteiger partial charge in [-0.2, -0.15) is 0 Å². The first-order valence-corrected chi connectivity index (χ1v) is 31.2. The maximum absolute atomic E-state index is 2.88. The van der Waals surface area contributed by atoms with Crippen molar-refractivity contribution < 1.29 is 0 Å². The lowest BCUT2D eigenvalue weighted by Gasteiger charge is -2.53. The van der Waals surface area contributed by atoms with Crippen molar-refractivity contribution in [2.75, 3.05) is 14.7 Å². The Kier molecular flexibility index (Phi) is 9.68. The van der Waals surface area contributed by atoms with Crippen LogP contribution in [0.4, 0.5) is 45.5 Å². The quantitative estimate of drug-likeness (QED) is 0.154. The second-order valence-electron chi connectivity index (χ2n) is 24.3. The summed E-state index contributed by atoms with van der Waals surface area (Å²) in [5.41, 5.74) is 18.8. The molecule has 4 aliphatic rings. The standard InChI is InChI=1S/C58H70BN3Si2/c1-55(2,3)39-20-23-43(24-21-39)61-50-33-22-40(56(4,5)6)36-49(50)59-48-19-17-18-47-54(48)62(58(8)35-16-15-34-57(47,58)7)52-38-44(37-51(61)53(52)59)60(41-25-29-45(30-26-41)63(9,10)11)42-27-31-46(32-28-42)64(12,13)14/h17-33,36-38H,15-16,34-35H2,1-14H3. The Morgan fingerprint density at radius 2 is 1.09 bits per heavy atom. The minimum Gasteiger partial charge on any atom is -0.335 e. The topological polar surface area (TPSA) is 9.72 Å². The van der Waals surface area contributed by atoms with Crippen LogP contribution in [0.3, 0.4) is 0 Å². The monoisotopic (exact) mass is 876 g/mol. The van der Waals surface area contributed by atoms with Gasteiger partial charge in [-0.05, 0) is 118 Å². The van der Waals surface area contributed by atoms with Crippen LogP contribution >= 0.6 is 0 Å². The average molecular weight is 876 g/mol. The van der Waals surface area contributed by atoms with Crippen LogP contribution < -0.4 is 41.5 Å². The van der Waals surface area contributed by atoms with Gasteiger partial charge >= 0.3 is 0 Å². The Balaban J connectivity index is 1.31. The van der Waals surface area contributed by atoms with E-state index in [0.29, 0.717) is 0 Å². The molecule has 2 unspecified atom stereocenters. The van der Waals surface area contributed by atoms with E-state index in [-0.39, 0.29) is 28.5 Å². The summed E-state index contributed by atoms with van der Waals surface area (Å²) in [6.07, 6.45) is 4.90. The Labute approximate surface area is 388 Å². The number of para-hydroxylation sites is 1. The van der Waals surface area contributed by atoms with Crippen molar-refractivity contribution in [3.63, 3.8) is 0 Å². The fourth-order valence-corrected chi connectivity index (χ4v) is 14.3. The van der Waals surface area contributed by atoms with Crippen LogP contribution in [-0.4, -0.2) is 28.4 Å². The summed E-state index contributed by atoms with van der Waals surface area (Å²) in [4.78, 5) is 8.07. The smallest absolute Gasteiger partial charge is 0.252 e. The fraction of sp³-hybridized carbons (Fsp3) is 0.379. The van der Waals surface area contributed by atoms with Gasteiger partial charge in [0.05, 0.1) is 27.4 Å². The van der Waals surface area contributed by atoms with Gasteiger partial charge in [-0.25, -0.2) is 0 Å². The highest BCUT2D eigenvalue weighted by atomic mass is 28.3. The number of rotatable bonds is 6. The Hall–Kier alpha value is -4.78. The van der Waals surface area contributed by atoms with E-state index in [1.54, 1.807) is 5.56 Å². The summed E-state index contributed by atoms with van der Waals surface area (Å²) in [6, 6.07) is 48.6. The van der Waals surface area contributed by atoms with Gasteiger partial charge in [-0.3, -0.25) is 0 Å². The molecule has 0 saturated heterocycles. The van der Waals surface area contributed by atoms with Crippen molar-refractivity contribution in [1.82, 2.24) is 0 Å². The average Bonchev–Trinajstić information content (AvgIpc) is 3.45. The number of hydrogen-bond acceptors (Lipinski definition) is 3. The van der Waals surface area contributed by atoms with Crippen molar-refractivity contribution in [1.29, 1.82) is 0 Å². The van der Waals surface area contributed by atoms with E-state index in [9.17, 15) is 0 Å². The highest BCUT2D eigenvalue weighted by Crippen LogP contribution is 2.62. The van der Waals surface area contributed by atoms with Crippen molar-refractivity contribution in [2.24, 2.45) is 0 Å². The van der Waals surface area contributed by atoms with E-state index in [2.05, 4.69) is 231 Å². The first-order valence-electron chi connectivity index (χ1n) is 24.2. The summed E-state index contributed by atoms with van der Waals surface area (Å²) in [5, 5.41) is 2.96. The van der Waals surface area contributed by atoms with E-state index in [1.165, 1.54) is 109 Å². The summed E-state index contributed by atoms with van der Waals surface area (Å²) >= 11 is 0. The van der Waals surface area contributed by atoms with Gasteiger partial charge in [0.25, 0.3) is 6.71 Å². The molecule has 328 valence electrons. The maximum atomic E-state index is 2.88. The molecule has 1 saturated carbocycles. The predicted octanol–water partition coefficient (Wildman–Crippen LogP) is 13.2. The Bertz CT molecular complexity index is 2740. The fourth-order valence-electron chi connectivity index (χ4n) is 11.9. The number of anilines is 8. The van der Waals surface area contributed by atoms with Gasteiger partial charge in [-0.15, -0.1) is 0 Å². The first-order chi connectivity index (χ1) is 30.0. The van der Waals surface area contributed by atoms with E-state index < -0.39 is 16.1 Å². The third-order valence-electron chi connectivity index (χ3n) is 16.0. The molecule has 3 aliphatic heterocycles. The van der Waals surface area contributed by atoms with E-state index >= 15 is 0 Å². The lowest BCUT2D eigenvalue weighted by atomic mass is 9.33. The van der Waals surface area contributed by atoms with Crippen molar-refractivity contribution >= 4 is 95.1 Å². The van der Waals surface area contributed by atoms with Crippen LogP contribution in [0.15, 0.2) is 121 Å². The molecular weight excluding hydrogens is 806 g/mol. The van der Waals surface area contributed by atoms with E-state index in [4.69, 9.17) is 0 Å². The second kappa shape index (κ2) is 14.4. The van der Waals surface area contributed by atoms with Gasteiger partial charge in [0.1, 0.15) is 0 Å². The van der Waals surface area contributed by atoms with Crippen LogP contribution in [0.25, 0.3) is 0 Å². The summed E-state index contributed by atoms with van der Waals surface area (Å²) < 4.78 is 0. The van der Waals surface area contributed by atoms with Crippen LogP contribution in [0.2, 0.25) is 39.3 Å². The molecule has 3 heterocycles. The van der Waals surface area contributed by atoms with Crippen molar-refractivity contribution in [3.05, 3.63) is 138 Å². The minimum absolute atomic E-state index is 0.00692. The molecule has 10 rings (SSSR count). The molecule has 0 amide bonds. The third kappa shape index (κ3) is 6.55. The molecule has 3 nitrogen and oxygen atoms in total. The maximum Gasteiger partial charge on any atom is 0.252 e. The van der Waals surface area contributed by atoms with Gasteiger partial charge < -0.3 is 14.7 Å². The van der Waals surface area contributed by atoms with Gasteiger partial charge in [0.2, 0.25) is 0 Å². The molecule has 0 radical (unpaired) electrons. The molecule has 0 aromatic heterocycles. The molecule has 6 aromatic carbocycles. The summed E-state index contributed by atoms with van der Waals surface area (Å²) in [5.74, 6) is 0. The minimum atomic E-state index is -1.53. The van der Waals surface area contributed by atoms with Gasteiger partial charge in [0.15, 0.2) is 0 Å². The zero-order valence-electron chi connectivity index (χ0n) is 41.3. The first kappa shape index (κ1) is 43.1. The van der Waals surface area contributed by atoms with Crippen LogP contribution in [0, 0.1) is 0 Å². The molecule has 1 aliphatic carbocycles. The molecule has 2 atom stereocenters. The second-order valence-corrected chi connectivity index (χ2v) is 34.5. The summed E-state index contributed by atoms with van der Waals surface area (Å²) in [6.45, 7) is 34.1. The molecule has 64 heavy (non-hydrogen) atoms. The third-order valence-corrected chi connectivity index (χ3v) is 20.2. The van der Waals surface area contributed by atoms with Crippen molar-refractivity contribution in [2.45, 2.75) is 142 Å². The molecular formula is C58H70BN3Si2. The molecule has 6 heteroatoms. The number of benzene rings is 6. The zero-order valence-corrected chi connectivity index (χ0v) is 43.3. The molecule has 1 fully saturated rings.